The summed E-state index contributed by atoms with van der Waals surface area (Å²) in [5, 5.41) is 29.4. The molecule has 248 valence electrons. The number of H-pyrrole nitrogens is 1. The third-order valence-corrected chi connectivity index (χ3v) is 8.67. The molecule has 0 bridgehead atoms. The van der Waals surface area contributed by atoms with Crippen LogP contribution in [0.25, 0.3) is 0 Å². The Labute approximate surface area is 260 Å². The van der Waals surface area contributed by atoms with Crippen molar-refractivity contribution in [3.05, 3.63) is 16.7 Å². The number of nitrogens with zero attached hydrogens (tertiary/aromatic N) is 5. The van der Waals surface area contributed by atoms with Crippen LogP contribution in [0.4, 0.5) is 34.8 Å². The van der Waals surface area contributed by atoms with E-state index >= 15 is 0 Å². The van der Waals surface area contributed by atoms with E-state index in [1.54, 1.807) is 13.8 Å². The van der Waals surface area contributed by atoms with Crippen LogP contribution in [0, 0.1) is 0 Å². The van der Waals surface area contributed by atoms with Gasteiger partial charge in [-0.1, -0.05) is 0 Å². The number of carbonyl (C=O) groups is 1. The number of aromatic nitrogens is 4. The van der Waals surface area contributed by atoms with Crippen molar-refractivity contribution in [2.75, 3.05) is 65.3 Å². The molecule has 4 rings (SSSR count). The molecule has 1 fully saturated rings. The van der Waals surface area contributed by atoms with Crippen LogP contribution in [0.5, 0.6) is 0 Å². The quantitative estimate of drug-likeness (QED) is 0.0769. The molecule has 0 spiro atoms. The molecule has 1 saturated heterocycles. The van der Waals surface area contributed by atoms with Crippen LogP contribution in [0.1, 0.15) is 13.8 Å². The number of nitrogen functional groups attached to an aromatic ring is 3. The van der Waals surface area contributed by atoms with Crippen LogP contribution in [0.3, 0.4) is 0 Å². The maximum Gasteiger partial charge on any atom is 0.339 e. The second-order valence-electron chi connectivity index (χ2n) is 10.9. The second kappa shape index (κ2) is 13.8. The summed E-state index contributed by atoms with van der Waals surface area (Å²) in [6.07, 6.45) is -3.68. The molecular formula is C23H37N12O8PS. The van der Waals surface area contributed by atoms with Crippen LogP contribution >= 0.6 is 19.4 Å². The standard InChI is InChI=1S/C23H37N12O8PS/c1-23(2)15(30-12-18(34-23)32-22(26)33-19(12)38)20(39)27-3-4-35(9-44(40,41)42)5-6-45-7-10-13(36)14(37)21(43-10)31-17-11(24)16(25)28-8-29-17/h8,10,13-14,21,36-37H,3-7,9,24H2,1-2H3,(H,27,39)(H2,40,41,42)(H3,25,28,29,31)(H4,26,32,33,34,38)/t10-,13+,14+,21-/m1/s1. The first-order chi connectivity index (χ1) is 21.1. The van der Waals surface area contributed by atoms with Crippen LogP contribution in [0.2, 0.25) is 0 Å². The first-order valence-electron chi connectivity index (χ1n) is 13.6. The molecule has 1 amide bonds. The van der Waals surface area contributed by atoms with Gasteiger partial charge < -0.3 is 57.9 Å². The normalized spacial score (nSPS) is 22.4. The first-order valence-corrected chi connectivity index (χ1v) is 16.5. The van der Waals surface area contributed by atoms with Gasteiger partial charge in [-0.2, -0.15) is 16.7 Å². The number of aliphatic imine (C=N–C) groups is 1. The monoisotopic (exact) mass is 672 g/mol. The van der Waals surface area contributed by atoms with Crippen molar-refractivity contribution < 1.29 is 34.1 Å². The van der Waals surface area contributed by atoms with E-state index in [0.717, 1.165) is 0 Å². The van der Waals surface area contributed by atoms with Gasteiger partial charge in [0.2, 0.25) is 5.95 Å². The number of hydrogen-bond acceptors (Lipinski definition) is 17. The highest BCUT2D eigenvalue weighted by Crippen LogP contribution is 2.35. The van der Waals surface area contributed by atoms with Crippen molar-refractivity contribution >= 4 is 65.8 Å². The highest BCUT2D eigenvalue weighted by molar-refractivity contribution is 7.99. The number of carbonyl (C=O) groups excluding carboxylic acids is 1. The number of hydrogen-bond donors (Lipinski definition) is 11. The van der Waals surface area contributed by atoms with Gasteiger partial charge in [0.25, 0.3) is 11.5 Å². The Morgan fingerprint density at radius 3 is 2.64 bits per heavy atom. The smallest absolute Gasteiger partial charge is 0.339 e. The molecule has 45 heavy (non-hydrogen) atoms. The minimum absolute atomic E-state index is 0.0140. The summed E-state index contributed by atoms with van der Waals surface area (Å²) in [6.45, 7) is 3.68. The summed E-state index contributed by atoms with van der Waals surface area (Å²) in [5.41, 5.74) is 15.5. The van der Waals surface area contributed by atoms with E-state index in [-0.39, 0.29) is 65.9 Å². The van der Waals surface area contributed by atoms with E-state index in [9.17, 15) is 34.2 Å². The Kier molecular flexibility index (Phi) is 10.5. The molecule has 0 aromatic carbocycles. The predicted molar refractivity (Wildman–Crippen MR) is 168 cm³/mol. The Balaban J connectivity index is 1.28. The van der Waals surface area contributed by atoms with Crippen LogP contribution in [-0.4, -0.2) is 124 Å². The summed E-state index contributed by atoms with van der Waals surface area (Å²) in [4.78, 5) is 64.2. The first kappa shape index (κ1) is 34.3. The Hall–Kier alpha value is -3.56. The van der Waals surface area contributed by atoms with Crippen molar-refractivity contribution in [1.82, 2.24) is 30.2 Å². The lowest BCUT2D eigenvalue weighted by molar-refractivity contribution is -0.115. The lowest BCUT2D eigenvalue weighted by Crippen LogP contribution is -2.51. The van der Waals surface area contributed by atoms with Crippen molar-refractivity contribution in [2.24, 2.45) is 4.99 Å². The summed E-state index contributed by atoms with van der Waals surface area (Å²) >= 11 is 1.33. The number of thioether (sulfide) groups is 1. The van der Waals surface area contributed by atoms with Crippen molar-refractivity contribution in [3.8, 4) is 0 Å². The number of aliphatic hydroxyl groups is 2. The molecule has 4 heterocycles. The minimum atomic E-state index is -4.44. The van der Waals surface area contributed by atoms with E-state index in [1.807, 2.05) is 0 Å². The number of aromatic amines is 1. The molecule has 20 nitrogen and oxygen atoms in total. The Morgan fingerprint density at radius 1 is 1.20 bits per heavy atom. The fourth-order valence-electron chi connectivity index (χ4n) is 4.60. The predicted octanol–water partition coefficient (Wildman–Crippen LogP) is -2.57. The molecule has 4 atom stereocenters. The van der Waals surface area contributed by atoms with Gasteiger partial charge in [0.05, 0.1) is 11.6 Å². The van der Waals surface area contributed by atoms with Crippen LogP contribution < -0.4 is 38.7 Å². The molecule has 0 unspecified atom stereocenters. The fourth-order valence-corrected chi connectivity index (χ4v) is 6.47. The van der Waals surface area contributed by atoms with Gasteiger partial charge in [0.15, 0.2) is 29.4 Å². The Morgan fingerprint density at radius 2 is 1.93 bits per heavy atom. The van der Waals surface area contributed by atoms with Gasteiger partial charge in [-0.25, -0.2) is 15.0 Å². The fraction of sp³-hybridized carbons (Fsp3) is 0.565. The van der Waals surface area contributed by atoms with Gasteiger partial charge in [-0.15, -0.1) is 0 Å². The van der Waals surface area contributed by atoms with Crippen molar-refractivity contribution in [1.29, 1.82) is 0 Å². The van der Waals surface area contributed by atoms with Crippen LogP contribution in [0.15, 0.2) is 16.1 Å². The number of rotatable bonds is 13. The largest absolute Gasteiger partial charge is 0.393 e. The van der Waals surface area contributed by atoms with E-state index in [1.165, 1.54) is 23.0 Å². The summed E-state index contributed by atoms with van der Waals surface area (Å²) in [7, 11) is -4.44. The molecule has 2 aliphatic heterocycles. The van der Waals surface area contributed by atoms with E-state index < -0.39 is 55.4 Å². The van der Waals surface area contributed by atoms with Gasteiger partial charge in [-0.05, 0) is 13.8 Å². The molecule has 0 aliphatic carbocycles. The molecule has 14 N–H and O–H groups in total. The number of fused-ring (bicyclic) bond motifs is 1. The molecule has 22 heteroatoms. The summed E-state index contributed by atoms with van der Waals surface area (Å²) < 4.78 is 17.5. The van der Waals surface area contributed by atoms with Crippen LogP contribution in [-0.2, 0) is 14.1 Å². The highest BCUT2D eigenvalue weighted by Gasteiger charge is 2.43. The zero-order valence-electron chi connectivity index (χ0n) is 24.4. The number of aliphatic hydroxyl groups excluding tert-OH is 2. The molecule has 2 aliphatic rings. The SMILES string of the molecule is CC1(C)Nc2nc(N)[nH]c(=O)c2N=C1C(=O)NCCN(CCSC[C@H]1O[C@@H](Nc2ncnc(N)c2N)[C@@H](O)[C@H]1O)CP(=O)(O)O. The number of nitrogens with two attached hydrogens (primary N) is 3. The minimum Gasteiger partial charge on any atom is -0.393 e. The third kappa shape index (κ3) is 8.58. The Bertz CT molecular complexity index is 1540. The van der Waals surface area contributed by atoms with Gasteiger partial charge in [0.1, 0.15) is 36.2 Å². The van der Waals surface area contributed by atoms with Gasteiger partial charge >= 0.3 is 7.60 Å². The number of amides is 1. The van der Waals surface area contributed by atoms with E-state index in [4.69, 9.17) is 21.9 Å². The molecule has 2 aromatic heterocycles. The molecule has 0 saturated carbocycles. The summed E-state index contributed by atoms with van der Waals surface area (Å²) in [5.74, 6) is 0.269. The highest BCUT2D eigenvalue weighted by atomic mass is 32.2. The molecule has 2 aromatic rings. The maximum absolute atomic E-state index is 13.0. The average molecular weight is 673 g/mol. The molecule has 0 radical (unpaired) electrons. The lowest BCUT2D eigenvalue weighted by atomic mass is 9.95. The number of anilines is 5. The second-order valence-corrected chi connectivity index (χ2v) is 13.6. The average Bonchev–Trinajstić information content (AvgIpc) is 3.19. The van der Waals surface area contributed by atoms with E-state index in [2.05, 4.69) is 40.9 Å². The zero-order valence-corrected chi connectivity index (χ0v) is 26.1. The van der Waals surface area contributed by atoms with Crippen molar-refractivity contribution in [2.45, 2.75) is 43.9 Å². The van der Waals surface area contributed by atoms with Crippen molar-refractivity contribution in [3.63, 3.8) is 0 Å². The van der Waals surface area contributed by atoms with Gasteiger partial charge in [0, 0.05) is 31.1 Å². The lowest BCUT2D eigenvalue weighted by Gasteiger charge is -2.32. The third-order valence-electron chi connectivity index (χ3n) is 6.86. The van der Waals surface area contributed by atoms with Gasteiger partial charge in [-0.3, -0.25) is 24.0 Å². The molecular weight excluding hydrogens is 635 g/mol. The van der Waals surface area contributed by atoms with E-state index in [0.29, 0.717) is 5.75 Å². The topological polar surface area (TPSA) is 326 Å². The maximum atomic E-state index is 13.0. The zero-order chi connectivity index (χ0) is 33.1. The summed E-state index contributed by atoms with van der Waals surface area (Å²) in [6, 6.07) is 0. The number of ether oxygens (including phenoxy) is 1. The number of nitrogens with one attached hydrogen (secondary N) is 4.